The fourth-order valence-corrected chi connectivity index (χ4v) is 4.31. The molecule has 27 heavy (non-hydrogen) atoms. The molecular formula is C18H18N4O4S. The van der Waals surface area contributed by atoms with E-state index in [1.165, 1.54) is 16.6 Å². The van der Waals surface area contributed by atoms with E-state index < -0.39 is 10.0 Å². The smallest absolute Gasteiger partial charge is 0.247 e. The molecule has 1 saturated carbocycles. The monoisotopic (exact) mass is 386 g/mol. The van der Waals surface area contributed by atoms with E-state index in [0.717, 1.165) is 24.2 Å². The largest absolute Gasteiger partial charge is 0.497 e. The maximum atomic E-state index is 12.9. The summed E-state index contributed by atoms with van der Waals surface area (Å²) in [6.07, 6.45) is 4.53. The number of rotatable bonds is 7. The lowest BCUT2D eigenvalue weighted by atomic mass is 10.2. The van der Waals surface area contributed by atoms with Crippen LogP contribution in [-0.2, 0) is 16.6 Å². The van der Waals surface area contributed by atoms with Crippen LogP contribution in [0.25, 0.3) is 11.5 Å². The zero-order valence-electron chi connectivity index (χ0n) is 14.6. The third-order valence-corrected chi connectivity index (χ3v) is 6.17. The number of pyridine rings is 1. The van der Waals surface area contributed by atoms with Gasteiger partial charge in [0.2, 0.25) is 21.8 Å². The molecule has 140 valence electrons. The Morgan fingerprint density at radius 1 is 1.19 bits per heavy atom. The zero-order chi connectivity index (χ0) is 18.9. The van der Waals surface area contributed by atoms with Crippen LogP contribution in [0.2, 0.25) is 0 Å². The molecule has 0 saturated heterocycles. The van der Waals surface area contributed by atoms with E-state index in [-0.39, 0.29) is 23.4 Å². The van der Waals surface area contributed by atoms with Gasteiger partial charge in [-0.15, -0.1) is 10.2 Å². The summed E-state index contributed by atoms with van der Waals surface area (Å²) in [6, 6.07) is 10.3. The summed E-state index contributed by atoms with van der Waals surface area (Å²) in [5.41, 5.74) is 0.739. The van der Waals surface area contributed by atoms with Crippen LogP contribution < -0.4 is 4.74 Å². The summed E-state index contributed by atoms with van der Waals surface area (Å²) >= 11 is 0. The predicted molar refractivity (Wildman–Crippen MR) is 96.3 cm³/mol. The third-order valence-electron chi connectivity index (χ3n) is 4.29. The molecule has 0 radical (unpaired) electrons. The molecule has 1 aromatic carbocycles. The van der Waals surface area contributed by atoms with Crippen molar-refractivity contribution in [1.29, 1.82) is 0 Å². The molecule has 0 N–H and O–H groups in total. The van der Waals surface area contributed by atoms with Crippen LogP contribution in [-0.4, -0.2) is 41.1 Å². The predicted octanol–water partition coefficient (Wildman–Crippen LogP) is 2.49. The Labute approximate surface area is 156 Å². The van der Waals surface area contributed by atoms with Gasteiger partial charge in [-0.05, 0) is 49.2 Å². The molecule has 1 aliphatic rings. The van der Waals surface area contributed by atoms with E-state index in [2.05, 4.69) is 15.2 Å². The van der Waals surface area contributed by atoms with Crippen LogP contribution in [0, 0.1) is 0 Å². The Morgan fingerprint density at radius 2 is 1.96 bits per heavy atom. The summed E-state index contributed by atoms with van der Waals surface area (Å²) in [7, 11) is -2.08. The number of hydrogen-bond acceptors (Lipinski definition) is 7. The molecule has 3 aromatic rings. The molecule has 0 spiro atoms. The average molecular weight is 386 g/mol. The summed E-state index contributed by atoms with van der Waals surface area (Å²) < 4.78 is 38.1. The van der Waals surface area contributed by atoms with Crippen molar-refractivity contribution < 1.29 is 17.6 Å². The van der Waals surface area contributed by atoms with E-state index in [0.29, 0.717) is 5.89 Å². The first-order chi connectivity index (χ1) is 13.1. The van der Waals surface area contributed by atoms with Gasteiger partial charge in [-0.2, -0.15) is 4.31 Å². The minimum absolute atomic E-state index is 0.0328. The van der Waals surface area contributed by atoms with Crippen molar-refractivity contribution in [2.45, 2.75) is 30.3 Å². The zero-order valence-corrected chi connectivity index (χ0v) is 15.5. The number of methoxy groups -OCH3 is 1. The van der Waals surface area contributed by atoms with Gasteiger partial charge in [0, 0.05) is 24.0 Å². The van der Waals surface area contributed by atoms with Gasteiger partial charge in [0.15, 0.2) is 0 Å². The van der Waals surface area contributed by atoms with Crippen LogP contribution in [0.1, 0.15) is 18.7 Å². The minimum Gasteiger partial charge on any atom is -0.497 e. The first-order valence-corrected chi connectivity index (χ1v) is 9.90. The van der Waals surface area contributed by atoms with Crippen LogP contribution in [0.4, 0.5) is 0 Å². The van der Waals surface area contributed by atoms with Gasteiger partial charge < -0.3 is 9.15 Å². The normalized spacial score (nSPS) is 14.4. The first kappa shape index (κ1) is 17.6. The summed E-state index contributed by atoms with van der Waals surface area (Å²) in [5, 5.41) is 8.06. The van der Waals surface area contributed by atoms with Gasteiger partial charge in [-0.3, -0.25) is 4.98 Å². The first-order valence-electron chi connectivity index (χ1n) is 8.46. The molecule has 0 atom stereocenters. The SMILES string of the molecule is COc1ccc(-c2nnc(CN(C3CC3)S(=O)(=O)c3cccnc3)o2)cc1. The highest BCUT2D eigenvalue weighted by Gasteiger charge is 2.39. The molecule has 1 fully saturated rings. The Balaban J connectivity index is 1.57. The van der Waals surface area contributed by atoms with Crippen molar-refractivity contribution in [1.82, 2.24) is 19.5 Å². The second kappa shape index (κ2) is 7.09. The summed E-state index contributed by atoms with van der Waals surface area (Å²) in [4.78, 5) is 4.07. The minimum atomic E-state index is -3.67. The van der Waals surface area contributed by atoms with Crippen LogP contribution in [0.15, 0.2) is 58.1 Å². The standard InChI is InChI=1S/C18H18N4O4S/c1-25-15-8-4-13(5-9-15)18-21-20-17(26-18)12-22(14-6-7-14)27(23,24)16-3-2-10-19-11-16/h2-5,8-11,14H,6-7,12H2,1H3. The van der Waals surface area contributed by atoms with Crippen LogP contribution >= 0.6 is 0 Å². The van der Waals surface area contributed by atoms with Crippen LogP contribution in [0.5, 0.6) is 5.75 Å². The van der Waals surface area contributed by atoms with Gasteiger partial charge in [-0.25, -0.2) is 8.42 Å². The van der Waals surface area contributed by atoms with E-state index in [4.69, 9.17) is 9.15 Å². The maximum absolute atomic E-state index is 12.9. The molecule has 2 heterocycles. The van der Waals surface area contributed by atoms with E-state index in [1.807, 2.05) is 0 Å². The molecule has 1 aliphatic carbocycles. The maximum Gasteiger partial charge on any atom is 0.247 e. The van der Waals surface area contributed by atoms with Crippen molar-refractivity contribution in [2.75, 3.05) is 7.11 Å². The van der Waals surface area contributed by atoms with Crippen molar-refractivity contribution in [2.24, 2.45) is 0 Å². The second-order valence-electron chi connectivity index (χ2n) is 6.20. The Hall–Kier alpha value is -2.78. The number of sulfonamides is 1. The van der Waals surface area contributed by atoms with Gasteiger partial charge in [0.25, 0.3) is 0 Å². The van der Waals surface area contributed by atoms with Crippen molar-refractivity contribution in [3.63, 3.8) is 0 Å². The Bertz CT molecular complexity index is 1020. The second-order valence-corrected chi connectivity index (χ2v) is 8.09. The van der Waals surface area contributed by atoms with Gasteiger partial charge >= 0.3 is 0 Å². The van der Waals surface area contributed by atoms with E-state index >= 15 is 0 Å². The molecule has 0 bridgehead atoms. The highest BCUT2D eigenvalue weighted by atomic mass is 32.2. The Kier molecular flexibility index (Phi) is 4.63. The molecule has 9 heteroatoms. The fourth-order valence-electron chi connectivity index (χ4n) is 2.71. The topological polar surface area (TPSA) is 98.4 Å². The summed E-state index contributed by atoms with van der Waals surface area (Å²) in [6.45, 7) is 0.0328. The lowest BCUT2D eigenvalue weighted by molar-refractivity contribution is 0.351. The van der Waals surface area contributed by atoms with E-state index in [1.54, 1.807) is 43.6 Å². The van der Waals surface area contributed by atoms with Crippen molar-refractivity contribution >= 4 is 10.0 Å². The molecule has 0 aliphatic heterocycles. The molecule has 0 unspecified atom stereocenters. The van der Waals surface area contributed by atoms with E-state index in [9.17, 15) is 8.42 Å². The van der Waals surface area contributed by atoms with Gasteiger partial charge in [-0.1, -0.05) is 0 Å². The lowest BCUT2D eigenvalue weighted by Crippen LogP contribution is -2.32. The highest BCUT2D eigenvalue weighted by molar-refractivity contribution is 7.89. The van der Waals surface area contributed by atoms with Gasteiger partial charge in [0.1, 0.15) is 10.6 Å². The van der Waals surface area contributed by atoms with Crippen molar-refractivity contribution in [3.05, 3.63) is 54.7 Å². The number of nitrogens with zero attached hydrogens (tertiary/aromatic N) is 4. The number of hydrogen-bond donors (Lipinski definition) is 0. The quantitative estimate of drug-likeness (QED) is 0.615. The fraction of sp³-hybridized carbons (Fsp3) is 0.278. The highest BCUT2D eigenvalue weighted by Crippen LogP contribution is 2.33. The van der Waals surface area contributed by atoms with Crippen LogP contribution in [0.3, 0.4) is 0 Å². The number of ether oxygens (including phenoxy) is 1. The Morgan fingerprint density at radius 3 is 2.59 bits per heavy atom. The molecule has 0 amide bonds. The number of aromatic nitrogens is 3. The third kappa shape index (κ3) is 3.69. The number of benzene rings is 1. The molecule has 4 rings (SSSR count). The average Bonchev–Trinajstić information content (AvgIpc) is 3.44. The van der Waals surface area contributed by atoms with Gasteiger partial charge in [0.05, 0.1) is 13.7 Å². The molecule has 8 nitrogen and oxygen atoms in total. The molecular weight excluding hydrogens is 368 g/mol. The lowest BCUT2D eigenvalue weighted by Gasteiger charge is -2.19. The summed E-state index contributed by atoms with van der Waals surface area (Å²) in [5.74, 6) is 1.31. The van der Waals surface area contributed by atoms with Crippen molar-refractivity contribution in [3.8, 4) is 17.2 Å². The molecule has 2 aromatic heterocycles.